The molecule has 1 heterocycles. The smallest absolute Gasteiger partial charge is 0.257 e. The fourth-order valence-electron chi connectivity index (χ4n) is 3.99. The third-order valence-electron chi connectivity index (χ3n) is 6.11. The van der Waals surface area contributed by atoms with Gasteiger partial charge in [0.1, 0.15) is 5.76 Å². The largest absolute Gasteiger partial charge is 0.499 e. The zero-order valence-corrected chi connectivity index (χ0v) is 20.5. The summed E-state index contributed by atoms with van der Waals surface area (Å²) >= 11 is 0. The minimum Gasteiger partial charge on any atom is -0.499 e. The molecular formula is C27H40N2O4. The molecule has 0 aliphatic carbocycles. The van der Waals surface area contributed by atoms with Crippen LogP contribution in [0.25, 0.3) is 0 Å². The van der Waals surface area contributed by atoms with E-state index in [9.17, 15) is 14.4 Å². The number of rotatable bonds is 16. The van der Waals surface area contributed by atoms with E-state index in [1.807, 2.05) is 13.8 Å². The Kier molecular flexibility index (Phi) is 13.7. The van der Waals surface area contributed by atoms with Crippen molar-refractivity contribution in [2.45, 2.75) is 90.5 Å². The van der Waals surface area contributed by atoms with Crippen LogP contribution in [0.4, 0.5) is 0 Å². The zero-order chi connectivity index (χ0) is 24.6. The lowest BCUT2D eigenvalue weighted by Crippen LogP contribution is -2.43. The number of hydrogen-bond donors (Lipinski definition) is 1. The third-order valence-corrected chi connectivity index (χ3v) is 6.11. The Morgan fingerprint density at radius 1 is 1.03 bits per heavy atom. The highest BCUT2D eigenvalue weighted by Gasteiger charge is 2.39. The van der Waals surface area contributed by atoms with E-state index >= 15 is 0 Å². The van der Waals surface area contributed by atoms with E-state index in [0.717, 1.165) is 51.4 Å². The van der Waals surface area contributed by atoms with Gasteiger partial charge >= 0.3 is 0 Å². The van der Waals surface area contributed by atoms with E-state index in [-0.39, 0.29) is 35.6 Å². The van der Waals surface area contributed by atoms with Gasteiger partial charge in [-0.25, -0.2) is 0 Å². The zero-order valence-electron chi connectivity index (χ0n) is 20.5. The number of ether oxygens (including phenoxy) is 1. The summed E-state index contributed by atoms with van der Waals surface area (Å²) in [5.41, 5.74) is 0. The van der Waals surface area contributed by atoms with E-state index in [2.05, 4.69) is 17.2 Å². The second kappa shape index (κ2) is 16.0. The van der Waals surface area contributed by atoms with Crippen LogP contribution in [0.15, 0.2) is 11.8 Å². The Balaban J connectivity index is 2.47. The van der Waals surface area contributed by atoms with Crippen molar-refractivity contribution in [3.63, 3.8) is 0 Å². The lowest BCUT2D eigenvalue weighted by Gasteiger charge is -2.27. The number of imide groups is 1. The second-order valence-electron chi connectivity index (χ2n) is 8.80. The predicted octanol–water partition coefficient (Wildman–Crippen LogP) is 4.20. The van der Waals surface area contributed by atoms with Gasteiger partial charge in [0.05, 0.1) is 13.2 Å². The number of terminal acetylenes is 2. The highest BCUT2D eigenvalue weighted by atomic mass is 16.5. The SMILES string of the molecule is C#CCCCCC(C)C(=O)NCCCCC1C(OC)=CC(=O)N1C(=O)C(C)CCCCC#C. The molecule has 0 aromatic heterocycles. The van der Waals surface area contributed by atoms with Crippen molar-refractivity contribution in [1.82, 2.24) is 10.2 Å². The molecule has 0 bridgehead atoms. The van der Waals surface area contributed by atoms with Crippen LogP contribution in [0, 0.1) is 36.5 Å². The predicted molar refractivity (Wildman–Crippen MR) is 131 cm³/mol. The fourth-order valence-corrected chi connectivity index (χ4v) is 3.99. The Morgan fingerprint density at radius 2 is 1.64 bits per heavy atom. The van der Waals surface area contributed by atoms with Gasteiger partial charge in [-0.1, -0.05) is 26.7 Å². The molecule has 0 radical (unpaired) electrons. The molecule has 3 atom stereocenters. The van der Waals surface area contributed by atoms with Crippen molar-refractivity contribution in [2.24, 2.45) is 11.8 Å². The van der Waals surface area contributed by atoms with Crippen LogP contribution in [-0.4, -0.2) is 42.3 Å². The van der Waals surface area contributed by atoms with E-state index in [4.69, 9.17) is 17.6 Å². The number of unbranched alkanes of at least 4 members (excludes halogenated alkanes) is 5. The maximum Gasteiger partial charge on any atom is 0.257 e. The summed E-state index contributed by atoms with van der Waals surface area (Å²) in [6.07, 6.45) is 20.7. The summed E-state index contributed by atoms with van der Waals surface area (Å²) in [4.78, 5) is 39.1. The number of amides is 3. The van der Waals surface area contributed by atoms with Crippen molar-refractivity contribution in [3.8, 4) is 24.7 Å². The quantitative estimate of drug-likeness (QED) is 0.279. The number of methoxy groups -OCH3 is 1. The van der Waals surface area contributed by atoms with Crippen molar-refractivity contribution < 1.29 is 19.1 Å². The van der Waals surface area contributed by atoms with Crippen LogP contribution in [0.2, 0.25) is 0 Å². The van der Waals surface area contributed by atoms with Gasteiger partial charge in [0.2, 0.25) is 11.8 Å². The van der Waals surface area contributed by atoms with Gasteiger partial charge in [-0.2, -0.15) is 0 Å². The summed E-state index contributed by atoms with van der Waals surface area (Å²) in [6, 6.07) is -0.381. The standard InChI is InChI=1S/C27H40N2O4/c1-6-8-10-12-16-21(3)26(31)28-19-15-14-18-23-24(33-5)20-25(30)29(23)27(32)22(4)17-13-11-9-7-2/h1-2,20-23H,8-19H2,3-5H3,(H,28,31). The fraction of sp³-hybridized carbons (Fsp3) is 0.667. The Bertz CT molecular complexity index is 759. The van der Waals surface area contributed by atoms with Gasteiger partial charge in [-0.15, -0.1) is 24.7 Å². The Hall–Kier alpha value is -2.73. The molecule has 1 N–H and O–H groups in total. The van der Waals surface area contributed by atoms with Gasteiger partial charge in [0.15, 0.2) is 0 Å². The van der Waals surface area contributed by atoms with Crippen LogP contribution in [-0.2, 0) is 19.1 Å². The van der Waals surface area contributed by atoms with Gasteiger partial charge < -0.3 is 10.1 Å². The number of hydrogen-bond acceptors (Lipinski definition) is 4. The number of carbonyl (C=O) groups is 3. The van der Waals surface area contributed by atoms with E-state index < -0.39 is 0 Å². The Labute approximate surface area is 199 Å². The van der Waals surface area contributed by atoms with Gasteiger partial charge in [-0.05, 0) is 44.9 Å². The van der Waals surface area contributed by atoms with Crippen molar-refractivity contribution in [2.75, 3.05) is 13.7 Å². The molecule has 3 unspecified atom stereocenters. The van der Waals surface area contributed by atoms with Gasteiger partial charge in [0, 0.05) is 37.3 Å². The van der Waals surface area contributed by atoms with E-state index in [1.165, 1.54) is 18.1 Å². The average Bonchev–Trinajstić information content (AvgIpc) is 3.13. The summed E-state index contributed by atoms with van der Waals surface area (Å²) in [7, 11) is 1.52. The third kappa shape index (κ3) is 9.74. The molecule has 182 valence electrons. The lowest BCUT2D eigenvalue weighted by atomic mass is 10.00. The van der Waals surface area contributed by atoms with Gasteiger partial charge in [0.25, 0.3) is 5.91 Å². The maximum absolute atomic E-state index is 13.0. The molecule has 6 heteroatoms. The van der Waals surface area contributed by atoms with Crippen molar-refractivity contribution >= 4 is 17.7 Å². The molecule has 33 heavy (non-hydrogen) atoms. The van der Waals surface area contributed by atoms with E-state index in [0.29, 0.717) is 31.6 Å². The molecular weight excluding hydrogens is 416 g/mol. The van der Waals surface area contributed by atoms with Crippen LogP contribution in [0.5, 0.6) is 0 Å². The maximum atomic E-state index is 13.0. The first-order valence-electron chi connectivity index (χ1n) is 12.1. The summed E-state index contributed by atoms with van der Waals surface area (Å²) in [5.74, 6) is 5.04. The molecule has 0 saturated carbocycles. The molecule has 0 aromatic rings. The first kappa shape index (κ1) is 28.3. The van der Waals surface area contributed by atoms with Crippen molar-refractivity contribution in [1.29, 1.82) is 0 Å². The summed E-state index contributed by atoms with van der Waals surface area (Å²) in [6.45, 7) is 4.36. The number of nitrogens with zero attached hydrogens (tertiary/aromatic N) is 1. The van der Waals surface area contributed by atoms with Crippen LogP contribution in [0.3, 0.4) is 0 Å². The van der Waals surface area contributed by atoms with Crippen LogP contribution < -0.4 is 5.32 Å². The number of carbonyl (C=O) groups excluding carboxylic acids is 3. The molecule has 6 nitrogen and oxygen atoms in total. The summed E-state index contributed by atoms with van der Waals surface area (Å²) < 4.78 is 5.39. The minimum atomic E-state index is -0.381. The Morgan fingerprint density at radius 3 is 2.21 bits per heavy atom. The molecule has 1 rings (SSSR count). The molecule has 0 aromatic carbocycles. The highest BCUT2D eigenvalue weighted by Crippen LogP contribution is 2.27. The number of nitrogens with one attached hydrogen (secondary N) is 1. The van der Waals surface area contributed by atoms with Crippen LogP contribution in [0.1, 0.15) is 84.5 Å². The van der Waals surface area contributed by atoms with Crippen LogP contribution >= 0.6 is 0 Å². The first-order valence-corrected chi connectivity index (χ1v) is 12.1. The average molecular weight is 457 g/mol. The topological polar surface area (TPSA) is 75.7 Å². The minimum absolute atomic E-state index is 0.0338. The molecule has 1 aliphatic heterocycles. The first-order chi connectivity index (χ1) is 15.9. The molecule has 0 fully saturated rings. The molecule has 3 amide bonds. The van der Waals surface area contributed by atoms with Crippen molar-refractivity contribution in [3.05, 3.63) is 11.8 Å². The normalized spacial score (nSPS) is 17.0. The van der Waals surface area contributed by atoms with E-state index in [1.54, 1.807) is 0 Å². The molecule has 1 aliphatic rings. The molecule has 0 spiro atoms. The highest BCUT2D eigenvalue weighted by molar-refractivity contribution is 6.04. The molecule has 0 saturated heterocycles. The second-order valence-corrected chi connectivity index (χ2v) is 8.80. The van der Waals surface area contributed by atoms with Gasteiger partial charge in [-0.3, -0.25) is 19.3 Å². The monoisotopic (exact) mass is 456 g/mol. The summed E-state index contributed by atoms with van der Waals surface area (Å²) in [5, 5.41) is 2.98. The lowest BCUT2D eigenvalue weighted by molar-refractivity contribution is -0.146.